The highest BCUT2D eigenvalue weighted by atomic mass is 19.1. The second kappa shape index (κ2) is 6.42. The Kier molecular flexibility index (Phi) is 4.31. The van der Waals surface area contributed by atoms with Crippen LogP contribution in [0.4, 0.5) is 4.39 Å². The number of pyridine rings is 1. The van der Waals surface area contributed by atoms with E-state index in [4.69, 9.17) is 4.74 Å². The Balaban J connectivity index is 1.57. The standard InChI is InChI=1S/C20H23FN2O4/c1-19(26)6-9-27-20(12-19)4-7-23(8-5-20)18(25)15-11-17(24)22-16-10-13(21)2-3-14(15)16/h2-3,10-11,26H,4-9,12H2,1H3,(H,22,24). The van der Waals surface area contributed by atoms with Crippen LogP contribution in [0.1, 0.15) is 43.0 Å². The lowest BCUT2D eigenvalue weighted by atomic mass is 9.78. The maximum atomic E-state index is 13.5. The summed E-state index contributed by atoms with van der Waals surface area (Å²) in [5, 5.41) is 10.9. The van der Waals surface area contributed by atoms with Gasteiger partial charge in [-0.05, 0) is 44.4 Å². The molecule has 0 bridgehead atoms. The number of benzene rings is 1. The van der Waals surface area contributed by atoms with Crippen LogP contribution < -0.4 is 5.56 Å². The van der Waals surface area contributed by atoms with Crippen molar-refractivity contribution in [2.75, 3.05) is 19.7 Å². The number of nitrogens with zero attached hydrogens (tertiary/aromatic N) is 1. The monoisotopic (exact) mass is 374 g/mol. The normalized spacial score (nSPS) is 25.1. The molecule has 3 heterocycles. The van der Waals surface area contributed by atoms with Gasteiger partial charge in [-0.3, -0.25) is 9.59 Å². The van der Waals surface area contributed by atoms with Crippen LogP contribution in [-0.2, 0) is 4.74 Å². The molecule has 1 amide bonds. The summed E-state index contributed by atoms with van der Waals surface area (Å²) < 4.78 is 19.5. The minimum absolute atomic E-state index is 0.241. The summed E-state index contributed by atoms with van der Waals surface area (Å²) in [5.41, 5.74) is -0.973. The Morgan fingerprint density at radius 2 is 2.00 bits per heavy atom. The number of aromatic nitrogens is 1. The van der Waals surface area contributed by atoms with Crippen LogP contribution in [0.25, 0.3) is 10.9 Å². The number of carbonyl (C=O) groups is 1. The van der Waals surface area contributed by atoms with E-state index in [9.17, 15) is 19.1 Å². The summed E-state index contributed by atoms with van der Waals surface area (Å²) in [4.78, 5) is 29.2. The first-order valence-electron chi connectivity index (χ1n) is 9.25. The van der Waals surface area contributed by atoms with Crippen molar-refractivity contribution >= 4 is 16.8 Å². The molecule has 1 unspecified atom stereocenters. The number of fused-ring (bicyclic) bond motifs is 1. The lowest BCUT2D eigenvalue weighted by Gasteiger charge is -2.48. The number of aromatic amines is 1. The Morgan fingerprint density at radius 1 is 1.26 bits per heavy atom. The molecule has 4 rings (SSSR count). The van der Waals surface area contributed by atoms with Crippen molar-refractivity contribution in [2.45, 2.75) is 43.8 Å². The first-order chi connectivity index (χ1) is 12.8. The minimum Gasteiger partial charge on any atom is -0.390 e. The van der Waals surface area contributed by atoms with Crippen LogP contribution in [0.2, 0.25) is 0 Å². The van der Waals surface area contributed by atoms with Crippen molar-refractivity contribution in [1.82, 2.24) is 9.88 Å². The van der Waals surface area contributed by atoms with Gasteiger partial charge >= 0.3 is 0 Å². The fraction of sp³-hybridized carbons (Fsp3) is 0.500. The number of amides is 1. The maximum absolute atomic E-state index is 13.5. The summed E-state index contributed by atoms with van der Waals surface area (Å²) in [6.07, 6.45) is 2.47. The topological polar surface area (TPSA) is 82.6 Å². The van der Waals surface area contributed by atoms with E-state index in [0.717, 1.165) is 0 Å². The highest BCUT2D eigenvalue weighted by molar-refractivity contribution is 6.06. The molecule has 2 aliphatic heterocycles. The largest absolute Gasteiger partial charge is 0.390 e. The second-order valence-electron chi connectivity index (χ2n) is 7.98. The minimum atomic E-state index is -0.739. The van der Waals surface area contributed by atoms with Gasteiger partial charge in [0.25, 0.3) is 5.91 Å². The van der Waals surface area contributed by atoms with E-state index in [-0.39, 0.29) is 11.5 Å². The van der Waals surface area contributed by atoms with Crippen molar-refractivity contribution in [3.05, 3.63) is 46.0 Å². The number of likely N-dealkylation sites (tertiary alicyclic amines) is 1. The van der Waals surface area contributed by atoms with E-state index in [0.29, 0.717) is 56.3 Å². The van der Waals surface area contributed by atoms with Crippen LogP contribution in [0, 0.1) is 5.82 Å². The third-order valence-electron chi connectivity index (χ3n) is 5.75. The number of hydrogen-bond donors (Lipinski definition) is 2. The lowest BCUT2D eigenvalue weighted by Crippen LogP contribution is -2.54. The van der Waals surface area contributed by atoms with E-state index in [2.05, 4.69) is 4.98 Å². The van der Waals surface area contributed by atoms with Gasteiger partial charge in [-0.15, -0.1) is 0 Å². The van der Waals surface area contributed by atoms with Crippen molar-refractivity contribution < 1.29 is 19.0 Å². The number of aliphatic hydroxyl groups is 1. The van der Waals surface area contributed by atoms with Gasteiger partial charge in [-0.2, -0.15) is 0 Å². The Hall–Kier alpha value is -2.25. The fourth-order valence-corrected chi connectivity index (χ4v) is 4.34. The first kappa shape index (κ1) is 18.1. The summed E-state index contributed by atoms with van der Waals surface area (Å²) in [5.74, 6) is -0.709. The van der Waals surface area contributed by atoms with E-state index >= 15 is 0 Å². The maximum Gasteiger partial charge on any atom is 0.254 e. The molecule has 1 atom stereocenters. The van der Waals surface area contributed by atoms with Crippen LogP contribution in [-0.4, -0.2) is 51.8 Å². The molecule has 27 heavy (non-hydrogen) atoms. The predicted molar refractivity (Wildman–Crippen MR) is 98.2 cm³/mol. The van der Waals surface area contributed by atoms with Gasteiger partial charge < -0.3 is 19.7 Å². The number of nitrogens with one attached hydrogen (secondary N) is 1. The van der Waals surface area contributed by atoms with Crippen molar-refractivity contribution in [3.8, 4) is 0 Å². The molecule has 1 aromatic heterocycles. The number of ether oxygens (including phenoxy) is 1. The SMILES string of the molecule is CC1(O)CCOC2(CCN(C(=O)c3cc(=O)[nH]c4cc(F)ccc34)CC2)C1. The molecule has 0 aliphatic carbocycles. The second-order valence-corrected chi connectivity index (χ2v) is 7.98. The summed E-state index contributed by atoms with van der Waals surface area (Å²) in [7, 11) is 0. The van der Waals surface area contributed by atoms with E-state index < -0.39 is 22.6 Å². The van der Waals surface area contributed by atoms with Crippen LogP contribution in [0.5, 0.6) is 0 Å². The van der Waals surface area contributed by atoms with E-state index in [1.165, 1.54) is 24.3 Å². The molecular formula is C20H23FN2O4. The average molecular weight is 374 g/mol. The molecule has 0 radical (unpaired) electrons. The fourth-order valence-electron chi connectivity index (χ4n) is 4.34. The number of H-pyrrole nitrogens is 1. The quantitative estimate of drug-likeness (QED) is 0.802. The van der Waals surface area contributed by atoms with Crippen molar-refractivity contribution in [2.24, 2.45) is 0 Å². The molecule has 2 N–H and O–H groups in total. The molecule has 6 nitrogen and oxygen atoms in total. The Bertz CT molecular complexity index is 945. The molecule has 1 aromatic carbocycles. The third kappa shape index (κ3) is 3.49. The number of carbonyl (C=O) groups excluding carboxylic acids is 1. The van der Waals surface area contributed by atoms with Crippen LogP contribution in [0.15, 0.2) is 29.1 Å². The lowest BCUT2D eigenvalue weighted by molar-refractivity contribution is -0.170. The van der Waals surface area contributed by atoms with Gasteiger partial charge in [0.15, 0.2) is 0 Å². The third-order valence-corrected chi connectivity index (χ3v) is 5.75. The average Bonchev–Trinajstić information content (AvgIpc) is 2.59. The van der Waals surface area contributed by atoms with E-state index in [1.807, 2.05) is 6.92 Å². The molecule has 7 heteroatoms. The zero-order valence-corrected chi connectivity index (χ0v) is 15.3. The smallest absolute Gasteiger partial charge is 0.254 e. The summed E-state index contributed by atoms with van der Waals surface area (Å²) in [6.45, 7) is 3.33. The molecular weight excluding hydrogens is 351 g/mol. The molecule has 1 spiro atoms. The zero-order valence-electron chi connectivity index (χ0n) is 15.3. The van der Waals surface area contributed by atoms with Crippen molar-refractivity contribution in [1.29, 1.82) is 0 Å². The molecule has 144 valence electrons. The van der Waals surface area contributed by atoms with Crippen LogP contribution in [0.3, 0.4) is 0 Å². The number of rotatable bonds is 1. The van der Waals surface area contributed by atoms with Gasteiger partial charge in [0.1, 0.15) is 5.82 Å². The Labute approximate surface area is 155 Å². The van der Waals surface area contributed by atoms with Gasteiger partial charge in [0.2, 0.25) is 5.56 Å². The number of halogens is 1. The Morgan fingerprint density at radius 3 is 2.70 bits per heavy atom. The van der Waals surface area contributed by atoms with Gasteiger partial charge in [-0.1, -0.05) is 0 Å². The van der Waals surface area contributed by atoms with E-state index in [1.54, 1.807) is 4.90 Å². The number of hydrogen-bond acceptors (Lipinski definition) is 4. The molecule has 2 aliphatic rings. The number of piperidine rings is 1. The zero-order chi connectivity index (χ0) is 19.2. The van der Waals surface area contributed by atoms with Crippen molar-refractivity contribution in [3.63, 3.8) is 0 Å². The highest BCUT2D eigenvalue weighted by Gasteiger charge is 2.45. The molecule has 2 saturated heterocycles. The van der Waals surface area contributed by atoms with Gasteiger partial charge in [-0.25, -0.2) is 4.39 Å². The van der Waals surface area contributed by atoms with Crippen LogP contribution >= 0.6 is 0 Å². The van der Waals surface area contributed by atoms with Gasteiger partial charge in [0.05, 0.1) is 28.9 Å². The summed E-state index contributed by atoms with van der Waals surface area (Å²) >= 11 is 0. The summed E-state index contributed by atoms with van der Waals surface area (Å²) in [6, 6.07) is 5.28. The first-order valence-corrected chi connectivity index (χ1v) is 9.25. The van der Waals surface area contributed by atoms with Gasteiger partial charge in [0, 0.05) is 31.0 Å². The molecule has 2 fully saturated rings. The highest BCUT2D eigenvalue weighted by Crippen LogP contribution is 2.39. The molecule has 2 aromatic rings. The predicted octanol–water partition coefficient (Wildman–Crippen LogP) is 2.20. The molecule has 0 saturated carbocycles.